The molecule has 1 aliphatic rings. The summed E-state index contributed by atoms with van der Waals surface area (Å²) >= 11 is 0. The van der Waals surface area contributed by atoms with E-state index in [0.29, 0.717) is 0 Å². The van der Waals surface area contributed by atoms with Gasteiger partial charge in [-0.2, -0.15) is 0 Å². The van der Waals surface area contributed by atoms with Crippen LogP contribution in [0.4, 0.5) is 11.5 Å². The van der Waals surface area contributed by atoms with Gasteiger partial charge in [-0.1, -0.05) is 18.2 Å². The highest BCUT2D eigenvalue weighted by Crippen LogP contribution is 2.15. The highest BCUT2D eigenvalue weighted by atomic mass is 15.3. The van der Waals surface area contributed by atoms with Crippen molar-refractivity contribution >= 4 is 11.5 Å². The summed E-state index contributed by atoms with van der Waals surface area (Å²) in [5, 5.41) is 0. The number of piperazine rings is 1. The van der Waals surface area contributed by atoms with E-state index in [-0.39, 0.29) is 0 Å². The van der Waals surface area contributed by atoms with E-state index in [1.807, 2.05) is 30.5 Å². The molecule has 1 aromatic carbocycles. The van der Waals surface area contributed by atoms with E-state index in [1.165, 1.54) is 5.56 Å². The molecule has 2 N–H and O–H groups in total. The van der Waals surface area contributed by atoms with E-state index < -0.39 is 0 Å². The molecule has 0 unspecified atom stereocenters. The van der Waals surface area contributed by atoms with Gasteiger partial charge < -0.3 is 10.6 Å². The molecule has 4 nitrogen and oxygen atoms in total. The van der Waals surface area contributed by atoms with Gasteiger partial charge in [0.1, 0.15) is 5.82 Å². The largest absolute Gasteiger partial charge is 0.399 e. The summed E-state index contributed by atoms with van der Waals surface area (Å²) in [4.78, 5) is 9.24. The van der Waals surface area contributed by atoms with Gasteiger partial charge in [0, 0.05) is 44.6 Å². The molecule has 20 heavy (non-hydrogen) atoms. The summed E-state index contributed by atoms with van der Waals surface area (Å²) < 4.78 is 0. The molecule has 104 valence electrons. The number of nitrogens with two attached hydrogens (primary N) is 1. The molecule has 4 heteroatoms. The second-order valence-corrected chi connectivity index (χ2v) is 5.19. The van der Waals surface area contributed by atoms with Crippen LogP contribution in [0.15, 0.2) is 48.7 Å². The third kappa shape index (κ3) is 3.08. The fraction of sp³-hybridized carbons (Fsp3) is 0.312. The van der Waals surface area contributed by atoms with E-state index in [4.69, 9.17) is 5.73 Å². The van der Waals surface area contributed by atoms with Crippen molar-refractivity contribution < 1.29 is 0 Å². The van der Waals surface area contributed by atoms with Gasteiger partial charge in [-0.25, -0.2) is 4.98 Å². The minimum Gasteiger partial charge on any atom is -0.399 e. The first kappa shape index (κ1) is 12.9. The Bertz CT molecular complexity index is 530. The van der Waals surface area contributed by atoms with Crippen LogP contribution in [-0.4, -0.2) is 36.1 Å². The number of benzene rings is 1. The number of nitrogen functional groups attached to an aromatic ring is 1. The normalized spacial score (nSPS) is 16.3. The predicted molar refractivity (Wildman–Crippen MR) is 82.6 cm³/mol. The van der Waals surface area contributed by atoms with Crippen molar-refractivity contribution in [1.82, 2.24) is 9.88 Å². The first-order chi connectivity index (χ1) is 9.81. The van der Waals surface area contributed by atoms with Crippen LogP contribution in [0.3, 0.4) is 0 Å². The summed E-state index contributed by atoms with van der Waals surface area (Å²) in [7, 11) is 0. The van der Waals surface area contributed by atoms with Crippen molar-refractivity contribution in [3.05, 3.63) is 54.2 Å². The lowest BCUT2D eigenvalue weighted by atomic mass is 10.2. The Kier molecular flexibility index (Phi) is 3.83. The Balaban J connectivity index is 1.55. The Morgan fingerprint density at radius 1 is 0.950 bits per heavy atom. The molecule has 0 bridgehead atoms. The van der Waals surface area contributed by atoms with E-state index in [1.54, 1.807) is 0 Å². The number of rotatable bonds is 3. The molecule has 0 atom stereocenters. The maximum absolute atomic E-state index is 5.72. The highest BCUT2D eigenvalue weighted by molar-refractivity contribution is 5.40. The molecule has 0 aliphatic carbocycles. The van der Waals surface area contributed by atoms with Crippen LogP contribution in [0.2, 0.25) is 0 Å². The van der Waals surface area contributed by atoms with Gasteiger partial charge in [-0.15, -0.1) is 0 Å². The average Bonchev–Trinajstić information content (AvgIpc) is 2.51. The molecule has 3 rings (SSSR count). The minimum absolute atomic E-state index is 0.828. The molecule has 1 fully saturated rings. The third-order valence-corrected chi connectivity index (χ3v) is 3.73. The van der Waals surface area contributed by atoms with Crippen molar-refractivity contribution in [2.45, 2.75) is 6.54 Å². The third-order valence-electron chi connectivity index (χ3n) is 3.73. The Morgan fingerprint density at radius 3 is 2.35 bits per heavy atom. The Morgan fingerprint density at radius 2 is 1.70 bits per heavy atom. The van der Waals surface area contributed by atoms with Crippen molar-refractivity contribution in [2.24, 2.45) is 0 Å². The number of hydrogen-bond acceptors (Lipinski definition) is 4. The van der Waals surface area contributed by atoms with E-state index in [9.17, 15) is 0 Å². The van der Waals surface area contributed by atoms with Gasteiger partial charge in [0.05, 0.1) is 0 Å². The summed E-state index contributed by atoms with van der Waals surface area (Å²) in [5.74, 6) is 1.08. The monoisotopic (exact) mass is 268 g/mol. The topological polar surface area (TPSA) is 45.4 Å². The van der Waals surface area contributed by atoms with Gasteiger partial charge in [-0.05, 0) is 29.8 Å². The predicted octanol–water partition coefficient (Wildman–Crippen LogP) is 1.99. The van der Waals surface area contributed by atoms with Crippen LogP contribution in [0.5, 0.6) is 0 Å². The summed E-state index contributed by atoms with van der Waals surface area (Å²) in [6.45, 7) is 5.20. The second-order valence-electron chi connectivity index (χ2n) is 5.19. The summed E-state index contributed by atoms with van der Waals surface area (Å²) in [5.41, 5.74) is 7.87. The zero-order valence-corrected chi connectivity index (χ0v) is 11.6. The zero-order chi connectivity index (χ0) is 13.8. The van der Waals surface area contributed by atoms with E-state index in [2.05, 4.69) is 33.0 Å². The van der Waals surface area contributed by atoms with Crippen molar-refractivity contribution in [1.29, 1.82) is 0 Å². The quantitative estimate of drug-likeness (QED) is 0.865. The van der Waals surface area contributed by atoms with Gasteiger partial charge in [-0.3, -0.25) is 4.90 Å². The first-order valence-corrected chi connectivity index (χ1v) is 7.04. The summed E-state index contributed by atoms with van der Waals surface area (Å²) in [6.07, 6.45) is 1.86. The van der Waals surface area contributed by atoms with Crippen LogP contribution in [0.1, 0.15) is 5.56 Å². The molecule has 2 aromatic rings. The number of nitrogens with zero attached hydrogens (tertiary/aromatic N) is 3. The lowest BCUT2D eigenvalue weighted by Gasteiger charge is -2.35. The van der Waals surface area contributed by atoms with E-state index >= 15 is 0 Å². The zero-order valence-electron chi connectivity index (χ0n) is 11.6. The van der Waals surface area contributed by atoms with Crippen molar-refractivity contribution in [2.75, 3.05) is 36.8 Å². The lowest BCUT2D eigenvalue weighted by Crippen LogP contribution is -2.46. The SMILES string of the molecule is Nc1ccc(CN2CCN(c3ccccn3)CC2)cc1. The number of anilines is 2. The molecule has 0 radical (unpaired) electrons. The fourth-order valence-electron chi connectivity index (χ4n) is 2.56. The maximum atomic E-state index is 5.72. The van der Waals surface area contributed by atoms with Gasteiger partial charge in [0.2, 0.25) is 0 Å². The second kappa shape index (κ2) is 5.92. The van der Waals surface area contributed by atoms with Crippen molar-refractivity contribution in [3.8, 4) is 0 Å². The molecule has 2 heterocycles. The van der Waals surface area contributed by atoms with Crippen LogP contribution >= 0.6 is 0 Å². The van der Waals surface area contributed by atoms with Gasteiger partial charge in [0.15, 0.2) is 0 Å². The molecular formula is C16H20N4. The Labute approximate surface area is 119 Å². The van der Waals surface area contributed by atoms with Crippen LogP contribution in [-0.2, 0) is 6.54 Å². The molecule has 1 saturated heterocycles. The molecule has 1 aliphatic heterocycles. The highest BCUT2D eigenvalue weighted by Gasteiger charge is 2.17. The first-order valence-electron chi connectivity index (χ1n) is 7.04. The summed E-state index contributed by atoms with van der Waals surface area (Å²) in [6, 6.07) is 14.2. The molecule has 1 aromatic heterocycles. The standard InChI is InChI=1S/C16H20N4/c17-15-6-4-14(5-7-15)13-19-9-11-20(12-10-19)16-3-1-2-8-18-16/h1-8H,9-13,17H2. The van der Waals surface area contributed by atoms with Crippen LogP contribution < -0.4 is 10.6 Å². The molecule has 0 amide bonds. The molecule has 0 saturated carbocycles. The van der Waals surface area contributed by atoms with Crippen molar-refractivity contribution in [3.63, 3.8) is 0 Å². The van der Waals surface area contributed by atoms with Crippen LogP contribution in [0.25, 0.3) is 0 Å². The van der Waals surface area contributed by atoms with Gasteiger partial charge >= 0.3 is 0 Å². The minimum atomic E-state index is 0.828. The lowest BCUT2D eigenvalue weighted by molar-refractivity contribution is 0.249. The number of pyridine rings is 1. The average molecular weight is 268 g/mol. The molecule has 0 spiro atoms. The fourth-order valence-corrected chi connectivity index (χ4v) is 2.56. The van der Waals surface area contributed by atoms with E-state index in [0.717, 1.165) is 44.2 Å². The molecular weight excluding hydrogens is 248 g/mol. The number of hydrogen-bond donors (Lipinski definition) is 1. The maximum Gasteiger partial charge on any atom is 0.128 e. The van der Waals surface area contributed by atoms with Gasteiger partial charge in [0.25, 0.3) is 0 Å². The Hall–Kier alpha value is -2.07. The smallest absolute Gasteiger partial charge is 0.128 e. The number of aromatic nitrogens is 1. The van der Waals surface area contributed by atoms with Crippen LogP contribution in [0, 0.1) is 0 Å².